The first-order valence-electron chi connectivity index (χ1n) is 5.75. The van der Waals surface area contributed by atoms with Crippen molar-refractivity contribution in [1.29, 1.82) is 0 Å². The molecule has 0 aromatic rings. The van der Waals surface area contributed by atoms with Crippen LogP contribution in [0.2, 0.25) is 0 Å². The zero-order valence-electron chi connectivity index (χ0n) is 8.96. The van der Waals surface area contributed by atoms with Crippen LogP contribution in [0.4, 0.5) is 0 Å². The molecule has 2 heterocycles. The molecule has 0 saturated carbocycles. The summed E-state index contributed by atoms with van der Waals surface area (Å²) in [7, 11) is 0. The Balaban J connectivity index is 1.92. The summed E-state index contributed by atoms with van der Waals surface area (Å²) in [6.07, 6.45) is 4.04. The van der Waals surface area contributed by atoms with Gasteiger partial charge in [-0.2, -0.15) is 0 Å². The van der Waals surface area contributed by atoms with Crippen molar-refractivity contribution >= 4 is 5.78 Å². The Morgan fingerprint density at radius 3 is 2.71 bits per heavy atom. The molecule has 80 valence electrons. The van der Waals surface area contributed by atoms with Gasteiger partial charge in [-0.15, -0.1) is 0 Å². The molecule has 3 heteroatoms. The zero-order valence-corrected chi connectivity index (χ0v) is 8.96. The van der Waals surface area contributed by atoms with E-state index in [-0.39, 0.29) is 0 Å². The topological polar surface area (TPSA) is 32.3 Å². The molecule has 2 rings (SSSR count). The van der Waals surface area contributed by atoms with Crippen LogP contribution < -0.4 is 5.32 Å². The van der Waals surface area contributed by atoms with Gasteiger partial charge in [-0.1, -0.05) is 0 Å². The molecule has 0 radical (unpaired) electrons. The van der Waals surface area contributed by atoms with Gasteiger partial charge in [0, 0.05) is 31.5 Å². The molecular formula is C11H20N2O. The van der Waals surface area contributed by atoms with Crippen LogP contribution >= 0.6 is 0 Å². The lowest BCUT2D eigenvalue weighted by Crippen LogP contribution is -2.50. The number of ketones is 1. The maximum Gasteiger partial charge on any atom is 0.135 e. The van der Waals surface area contributed by atoms with Gasteiger partial charge in [-0.25, -0.2) is 0 Å². The standard InChI is InChI=1S/C11H20N2O/c1-9-8-11(14)4-7-13(9)10-2-5-12-6-3-10/h9-10,12H,2-8H2,1H3. The van der Waals surface area contributed by atoms with E-state index in [1.807, 2.05) is 0 Å². The molecule has 0 aromatic heterocycles. The molecule has 1 atom stereocenters. The number of carbonyl (C=O) groups excluding carboxylic acids is 1. The summed E-state index contributed by atoms with van der Waals surface area (Å²) >= 11 is 0. The van der Waals surface area contributed by atoms with E-state index in [9.17, 15) is 4.79 Å². The lowest BCUT2D eigenvalue weighted by Gasteiger charge is -2.41. The molecule has 1 unspecified atom stereocenters. The summed E-state index contributed by atoms with van der Waals surface area (Å²) in [4.78, 5) is 13.8. The highest BCUT2D eigenvalue weighted by Crippen LogP contribution is 2.21. The van der Waals surface area contributed by atoms with E-state index in [0.29, 0.717) is 11.8 Å². The Labute approximate surface area is 85.8 Å². The molecule has 0 amide bonds. The van der Waals surface area contributed by atoms with Gasteiger partial charge < -0.3 is 5.32 Å². The van der Waals surface area contributed by atoms with Crippen LogP contribution in [0.15, 0.2) is 0 Å². The van der Waals surface area contributed by atoms with Crippen molar-refractivity contribution in [1.82, 2.24) is 10.2 Å². The Bertz CT molecular complexity index is 211. The van der Waals surface area contributed by atoms with Crippen molar-refractivity contribution < 1.29 is 4.79 Å². The van der Waals surface area contributed by atoms with Gasteiger partial charge in [0.2, 0.25) is 0 Å². The van der Waals surface area contributed by atoms with Crippen LogP contribution in [0.1, 0.15) is 32.6 Å². The molecule has 2 saturated heterocycles. The largest absolute Gasteiger partial charge is 0.317 e. The highest BCUT2D eigenvalue weighted by Gasteiger charge is 2.29. The minimum Gasteiger partial charge on any atom is -0.317 e. The van der Waals surface area contributed by atoms with Crippen LogP contribution in [0.25, 0.3) is 0 Å². The zero-order chi connectivity index (χ0) is 9.97. The molecule has 0 aromatic carbocycles. The Hall–Kier alpha value is -0.410. The minimum atomic E-state index is 0.447. The first-order chi connectivity index (χ1) is 6.77. The maximum atomic E-state index is 11.3. The van der Waals surface area contributed by atoms with E-state index in [4.69, 9.17) is 0 Å². The van der Waals surface area contributed by atoms with E-state index in [2.05, 4.69) is 17.1 Å². The number of hydrogen-bond donors (Lipinski definition) is 1. The first-order valence-corrected chi connectivity index (χ1v) is 5.75. The van der Waals surface area contributed by atoms with Crippen molar-refractivity contribution in [3.8, 4) is 0 Å². The molecule has 2 aliphatic heterocycles. The van der Waals surface area contributed by atoms with Gasteiger partial charge in [-0.05, 0) is 32.9 Å². The number of hydrogen-bond acceptors (Lipinski definition) is 3. The summed E-state index contributed by atoms with van der Waals surface area (Å²) in [6, 6.07) is 1.19. The lowest BCUT2D eigenvalue weighted by atomic mass is 9.96. The molecule has 0 aliphatic carbocycles. The smallest absolute Gasteiger partial charge is 0.135 e. The van der Waals surface area contributed by atoms with Crippen molar-refractivity contribution in [3.05, 3.63) is 0 Å². The lowest BCUT2D eigenvalue weighted by molar-refractivity contribution is -0.123. The number of likely N-dealkylation sites (tertiary alicyclic amines) is 1. The van der Waals surface area contributed by atoms with Crippen molar-refractivity contribution in [2.24, 2.45) is 0 Å². The van der Waals surface area contributed by atoms with Crippen LogP contribution in [-0.2, 0) is 4.79 Å². The van der Waals surface area contributed by atoms with Crippen LogP contribution in [-0.4, -0.2) is 42.4 Å². The predicted octanol–water partition coefficient (Wildman–Crippen LogP) is 0.792. The van der Waals surface area contributed by atoms with E-state index >= 15 is 0 Å². The average Bonchev–Trinajstić information content (AvgIpc) is 2.19. The van der Waals surface area contributed by atoms with Gasteiger partial charge >= 0.3 is 0 Å². The number of nitrogens with zero attached hydrogens (tertiary/aromatic N) is 1. The third kappa shape index (κ3) is 2.15. The Kier molecular flexibility index (Phi) is 3.19. The number of piperidine rings is 2. The third-order valence-electron chi connectivity index (χ3n) is 3.52. The predicted molar refractivity (Wildman–Crippen MR) is 56.3 cm³/mol. The number of rotatable bonds is 1. The second-order valence-corrected chi connectivity index (χ2v) is 4.56. The van der Waals surface area contributed by atoms with Crippen LogP contribution in [0.5, 0.6) is 0 Å². The number of nitrogens with one attached hydrogen (secondary N) is 1. The fraction of sp³-hybridized carbons (Fsp3) is 0.909. The molecule has 0 bridgehead atoms. The molecule has 14 heavy (non-hydrogen) atoms. The third-order valence-corrected chi connectivity index (χ3v) is 3.52. The minimum absolute atomic E-state index is 0.447. The summed E-state index contributed by atoms with van der Waals surface area (Å²) in [5.74, 6) is 0.447. The molecule has 3 nitrogen and oxygen atoms in total. The van der Waals surface area contributed by atoms with Gasteiger partial charge in [0.15, 0.2) is 0 Å². The van der Waals surface area contributed by atoms with E-state index in [0.717, 1.165) is 38.5 Å². The molecule has 0 spiro atoms. The fourth-order valence-corrected chi connectivity index (χ4v) is 2.70. The van der Waals surface area contributed by atoms with Gasteiger partial charge in [-0.3, -0.25) is 9.69 Å². The second-order valence-electron chi connectivity index (χ2n) is 4.56. The van der Waals surface area contributed by atoms with Gasteiger partial charge in [0.25, 0.3) is 0 Å². The molecular weight excluding hydrogens is 176 g/mol. The average molecular weight is 196 g/mol. The van der Waals surface area contributed by atoms with Crippen molar-refractivity contribution in [2.45, 2.75) is 44.7 Å². The monoisotopic (exact) mass is 196 g/mol. The first kappa shape index (κ1) is 10.1. The number of carbonyl (C=O) groups is 1. The summed E-state index contributed by atoms with van der Waals surface area (Å²) in [6.45, 7) is 5.47. The highest BCUT2D eigenvalue weighted by molar-refractivity contribution is 5.79. The highest BCUT2D eigenvalue weighted by atomic mass is 16.1. The number of Topliss-reactive ketones (excluding diaryl/α,β-unsaturated/α-hetero) is 1. The summed E-state index contributed by atoms with van der Waals surface area (Å²) in [5, 5.41) is 3.38. The van der Waals surface area contributed by atoms with Crippen molar-refractivity contribution in [2.75, 3.05) is 19.6 Å². The van der Waals surface area contributed by atoms with E-state index < -0.39 is 0 Å². The summed E-state index contributed by atoms with van der Waals surface area (Å²) < 4.78 is 0. The SMILES string of the molecule is CC1CC(=O)CCN1C1CCNCC1. The van der Waals surface area contributed by atoms with E-state index in [1.165, 1.54) is 12.8 Å². The normalized spacial score (nSPS) is 32.1. The molecule has 2 fully saturated rings. The quantitative estimate of drug-likeness (QED) is 0.673. The fourth-order valence-electron chi connectivity index (χ4n) is 2.70. The molecule has 2 aliphatic rings. The van der Waals surface area contributed by atoms with Crippen LogP contribution in [0, 0.1) is 0 Å². The van der Waals surface area contributed by atoms with Crippen molar-refractivity contribution in [3.63, 3.8) is 0 Å². The maximum absolute atomic E-state index is 11.3. The van der Waals surface area contributed by atoms with Gasteiger partial charge in [0.05, 0.1) is 0 Å². The Morgan fingerprint density at radius 2 is 2.07 bits per heavy atom. The summed E-state index contributed by atoms with van der Waals surface area (Å²) in [5.41, 5.74) is 0. The van der Waals surface area contributed by atoms with Crippen LogP contribution in [0.3, 0.4) is 0 Å². The van der Waals surface area contributed by atoms with Gasteiger partial charge in [0.1, 0.15) is 5.78 Å². The molecule has 1 N–H and O–H groups in total. The van der Waals surface area contributed by atoms with E-state index in [1.54, 1.807) is 0 Å². The Morgan fingerprint density at radius 1 is 1.36 bits per heavy atom. The second kappa shape index (κ2) is 4.41.